The van der Waals surface area contributed by atoms with Crippen molar-refractivity contribution < 1.29 is 0 Å². The summed E-state index contributed by atoms with van der Waals surface area (Å²) in [6.07, 6.45) is 1.82. The van der Waals surface area contributed by atoms with Crippen molar-refractivity contribution in [1.82, 2.24) is 15.7 Å². The fourth-order valence-corrected chi connectivity index (χ4v) is 1.08. The Morgan fingerprint density at radius 1 is 1.53 bits per heavy atom. The van der Waals surface area contributed by atoms with Crippen LogP contribution in [0, 0.1) is 6.92 Å². The van der Waals surface area contributed by atoms with Gasteiger partial charge in [0.1, 0.15) is 0 Å². The van der Waals surface area contributed by atoms with Crippen LogP contribution in [0.1, 0.15) is 18.2 Å². The van der Waals surface area contributed by atoms with Crippen molar-refractivity contribution in [3.05, 3.63) is 29.6 Å². The molecule has 5 nitrogen and oxygen atoms in total. The SMILES string of the molecule is CCNC(=NCc1ccc(C)nc1)NN. The largest absolute Gasteiger partial charge is 0.356 e. The lowest BCUT2D eigenvalue weighted by molar-refractivity contribution is 0.851. The van der Waals surface area contributed by atoms with E-state index in [4.69, 9.17) is 5.84 Å². The number of nitrogens with zero attached hydrogens (tertiary/aromatic N) is 2. The van der Waals surface area contributed by atoms with E-state index in [0.717, 1.165) is 17.8 Å². The van der Waals surface area contributed by atoms with Gasteiger partial charge in [0, 0.05) is 18.4 Å². The molecule has 0 aromatic carbocycles. The van der Waals surface area contributed by atoms with Crippen LogP contribution >= 0.6 is 0 Å². The minimum absolute atomic E-state index is 0.569. The molecule has 15 heavy (non-hydrogen) atoms. The van der Waals surface area contributed by atoms with Crippen LogP contribution in [0.4, 0.5) is 0 Å². The van der Waals surface area contributed by atoms with Crippen molar-refractivity contribution in [3.8, 4) is 0 Å². The van der Waals surface area contributed by atoms with Gasteiger partial charge in [-0.1, -0.05) is 6.07 Å². The number of nitrogens with one attached hydrogen (secondary N) is 2. The molecule has 5 heteroatoms. The zero-order valence-corrected chi connectivity index (χ0v) is 9.12. The van der Waals surface area contributed by atoms with Crippen LogP contribution in [-0.4, -0.2) is 17.5 Å². The summed E-state index contributed by atoms with van der Waals surface area (Å²) in [5, 5.41) is 3.01. The van der Waals surface area contributed by atoms with Crippen LogP contribution in [0.2, 0.25) is 0 Å². The lowest BCUT2D eigenvalue weighted by atomic mass is 10.2. The Hall–Kier alpha value is -1.62. The Balaban J connectivity index is 2.57. The number of hydrogen-bond donors (Lipinski definition) is 3. The Labute approximate surface area is 89.8 Å². The first kappa shape index (κ1) is 11.5. The molecular weight excluding hydrogens is 190 g/mol. The van der Waals surface area contributed by atoms with Crippen LogP contribution in [0.5, 0.6) is 0 Å². The summed E-state index contributed by atoms with van der Waals surface area (Å²) in [7, 11) is 0. The van der Waals surface area contributed by atoms with E-state index in [9.17, 15) is 0 Å². The molecule has 0 spiro atoms. The molecule has 0 saturated heterocycles. The normalized spacial score (nSPS) is 11.3. The zero-order valence-electron chi connectivity index (χ0n) is 9.12. The van der Waals surface area contributed by atoms with Crippen molar-refractivity contribution in [2.24, 2.45) is 10.8 Å². The minimum Gasteiger partial charge on any atom is -0.356 e. The number of guanidine groups is 1. The molecule has 0 amide bonds. The maximum atomic E-state index is 5.29. The number of aromatic nitrogens is 1. The molecule has 0 bridgehead atoms. The number of rotatable bonds is 3. The number of aliphatic imine (C=N–C) groups is 1. The predicted octanol–water partition coefficient (Wildman–Crippen LogP) is 0.319. The highest BCUT2D eigenvalue weighted by atomic mass is 15.3. The number of hydrogen-bond acceptors (Lipinski definition) is 3. The van der Waals surface area contributed by atoms with Crippen LogP contribution in [-0.2, 0) is 6.54 Å². The van der Waals surface area contributed by atoms with E-state index in [1.165, 1.54) is 0 Å². The quantitative estimate of drug-likeness (QED) is 0.289. The van der Waals surface area contributed by atoms with Crippen molar-refractivity contribution in [2.45, 2.75) is 20.4 Å². The summed E-state index contributed by atoms with van der Waals surface area (Å²) in [5.41, 5.74) is 4.57. The third-order valence-corrected chi connectivity index (χ3v) is 1.87. The average Bonchev–Trinajstić information content (AvgIpc) is 2.26. The fraction of sp³-hybridized carbons (Fsp3) is 0.400. The van der Waals surface area contributed by atoms with Crippen molar-refractivity contribution >= 4 is 5.96 Å². The number of pyridine rings is 1. The first-order chi connectivity index (χ1) is 7.26. The highest BCUT2D eigenvalue weighted by Gasteiger charge is 1.94. The third kappa shape index (κ3) is 3.95. The molecule has 0 saturated carbocycles. The maximum absolute atomic E-state index is 5.29. The van der Waals surface area contributed by atoms with E-state index in [2.05, 4.69) is 20.7 Å². The number of aryl methyl sites for hydroxylation is 1. The Morgan fingerprint density at radius 3 is 2.87 bits per heavy atom. The van der Waals surface area contributed by atoms with Gasteiger partial charge >= 0.3 is 0 Å². The van der Waals surface area contributed by atoms with E-state index in [0.29, 0.717) is 12.5 Å². The monoisotopic (exact) mass is 207 g/mol. The first-order valence-electron chi connectivity index (χ1n) is 4.92. The maximum Gasteiger partial charge on any atom is 0.206 e. The minimum atomic E-state index is 0.569. The molecule has 0 aliphatic carbocycles. The van der Waals surface area contributed by atoms with E-state index >= 15 is 0 Å². The van der Waals surface area contributed by atoms with Gasteiger partial charge in [-0.25, -0.2) is 10.8 Å². The van der Waals surface area contributed by atoms with Crippen molar-refractivity contribution in [2.75, 3.05) is 6.54 Å². The van der Waals surface area contributed by atoms with Gasteiger partial charge in [0.05, 0.1) is 6.54 Å². The molecular formula is C10H17N5. The van der Waals surface area contributed by atoms with Crippen molar-refractivity contribution in [1.29, 1.82) is 0 Å². The number of nitrogens with two attached hydrogens (primary N) is 1. The van der Waals surface area contributed by atoms with E-state index in [1.54, 1.807) is 0 Å². The smallest absolute Gasteiger partial charge is 0.206 e. The van der Waals surface area contributed by atoms with Gasteiger partial charge in [0.25, 0.3) is 0 Å². The summed E-state index contributed by atoms with van der Waals surface area (Å²) in [5.74, 6) is 5.88. The first-order valence-corrected chi connectivity index (χ1v) is 4.92. The molecule has 0 radical (unpaired) electrons. The summed E-state index contributed by atoms with van der Waals surface area (Å²) in [6.45, 7) is 5.30. The molecule has 0 fully saturated rings. The van der Waals surface area contributed by atoms with Gasteiger partial charge in [-0.3, -0.25) is 10.4 Å². The van der Waals surface area contributed by atoms with E-state index in [1.807, 2.05) is 32.2 Å². The van der Waals surface area contributed by atoms with Crippen molar-refractivity contribution in [3.63, 3.8) is 0 Å². The van der Waals surface area contributed by atoms with Gasteiger partial charge in [-0.05, 0) is 25.5 Å². The van der Waals surface area contributed by atoms with Gasteiger partial charge in [-0.15, -0.1) is 0 Å². The van der Waals surface area contributed by atoms with Crippen LogP contribution in [0.25, 0.3) is 0 Å². The molecule has 0 aliphatic heterocycles. The van der Waals surface area contributed by atoms with Crippen LogP contribution in [0.3, 0.4) is 0 Å². The summed E-state index contributed by atoms with van der Waals surface area (Å²) < 4.78 is 0. The van der Waals surface area contributed by atoms with E-state index in [-0.39, 0.29) is 0 Å². The molecule has 4 N–H and O–H groups in total. The predicted molar refractivity (Wildman–Crippen MR) is 61.1 cm³/mol. The molecule has 82 valence electrons. The second kappa shape index (κ2) is 5.98. The zero-order chi connectivity index (χ0) is 11.1. The van der Waals surface area contributed by atoms with Crippen LogP contribution < -0.4 is 16.6 Å². The molecule has 0 atom stereocenters. The fourth-order valence-electron chi connectivity index (χ4n) is 1.08. The lowest BCUT2D eigenvalue weighted by Gasteiger charge is -2.06. The van der Waals surface area contributed by atoms with Crippen LogP contribution in [0.15, 0.2) is 23.3 Å². The van der Waals surface area contributed by atoms with Gasteiger partial charge in [0.15, 0.2) is 0 Å². The Morgan fingerprint density at radius 2 is 2.33 bits per heavy atom. The third-order valence-electron chi connectivity index (χ3n) is 1.87. The molecule has 1 aromatic rings. The summed E-state index contributed by atoms with van der Waals surface area (Å²) >= 11 is 0. The Bertz CT molecular complexity index is 317. The average molecular weight is 207 g/mol. The second-order valence-electron chi connectivity index (χ2n) is 3.15. The Kier molecular flexibility index (Phi) is 4.56. The highest BCUT2D eigenvalue weighted by molar-refractivity contribution is 5.79. The lowest BCUT2D eigenvalue weighted by Crippen LogP contribution is -2.41. The molecule has 0 unspecified atom stereocenters. The standard InChI is InChI=1S/C10H17N5/c1-3-12-10(15-11)14-7-9-5-4-8(2)13-6-9/h4-6H,3,7,11H2,1-2H3,(H2,12,14,15). The molecule has 0 aliphatic rings. The van der Waals surface area contributed by atoms with Gasteiger partial charge in [0.2, 0.25) is 5.96 Å². The highest BCUT2D eigenvalue weighted by Crippen LogP contribution is 2.00. The molecule has 1 aromatic heterocycles. The summed E-state index contributed by atoms with van der Waals surface area (Å²) in [6, 6.07) is 3.97. The van der Waals surface area contributed by atoms with E-state index < -0.39 is 0 Å². The summed E-state index contributed by atoms with van der Waals surface area (Å²) in [4.78, 5) is 8.45. The number of hydrazine groups is 1. The van der Waals surface area contributed by atoms with Gasteiger partial charge < -0.3 is 5.32 Å². The second-order valence-corrected chi connectivity index (χ2v) is 3.15. The van der Waals surface area contributed by atoms with Gasteiger partial charge in [-0.2, -0.15) is 0 Å². The topological polar surface area (TPSA) is 75.3 Å². The molecule has 1 rings (SSSR count). The molecule has 1 heterocycles.